The molecule has 0 aliphatic rings. The van der Waals surface area contributed by atoms with Crippen molar-refractivity contribution < 1.29 is 9.53 Å². The largest absolute Gasteiger partial charge is 0.454 e. The number of fused-ring (bicyclic) bond motifs is 2. The van der Waals surface area contributed by atoms with Crippen LogP contribution in [-0.2, 0) is 4.74 Å². The summed E-state index contributed by atoms with van der Waals surface area (Å²) >= 11 is 0. The fraction of sp³-hybridized carbons (Fsp3) is 0.414. The first-order valence-electron chi connectivity index (χ1n) is 11.2. The summed E-state index contributed by atoms with van der Waals surface area (Å²) in [6.45, 7) is 17.6. The van der Waals surface area contributed by atoms with Gasteiger partial charge in [0.1, 0.15) is 6.10 Å². The highest BCUT2D eigenvalue weighted by Crippen LogP contribution is 2.33. The molecule has 0 amide bonds. The van der Waals surface area contributed by atoms with Gasteiger partial charge >= 0.3 is 5.97 Å². The first-order chi connectivity index (χ1) is 14.4. The van der Waals surface area contributed by atoms with Gasteiger partial charge in [-0.25, -0.2) is 4.79 Å². The van der Waals surface area contributed by atoms with Crippen LogP contribution in [-0.4, -0.2) is 12.1 Å². The van der Waals surface area contributed by atoms with E-state index >= 15 is 0 Å². The van der Waals surface area contributed by atoms with Crippen molar-refractivity contribution in [3.63, 3.8) is 0 Å². The van der Waals surface area contributed by atoms with E-state index in [4.69, 9.17) is 4.74 Å². The first-order valence-corrected chi connectivity index (χ1v) is 11.2. The van der Waals surface area contributed by atoms with E-state index in [1.807, 2.05) is 48.5 Å². The zero-order valence-electron chi connectivity index (χ0n) is 19.9. The summed E-state index contributed by atoms with van der Waals surface area (Å²) in [5, 5.41) is 3.96. The van der Waals surface area contributed by atoms with Crippen molar-refractivity contribution in [2.24, 2.45) is 10.8 Å². The van der Waals surface area contributed by atoms with Gasteiger partial charge in [0.05, 0.1) is 5.56 Å². The van der Waals surface area contributed by atoms with Crippen LogP contribution in [0, 0.1) is 10.8 Å². The molecule has 0 aromatic heterocycles. The van der Waals surface area contributed by atoms with Crippen LogP contribution in [0.5, 0.6) is 0 Å². The molecule has 1 atom stereocenters. The minimum atomic E-state index is -0.288. The number of hydrogen-bond donors (Lipinski definition) is 0. The molecule has 3 aromatic rings. The average Bonchev–Trinajstić information content (AvgIpc) is 2.66. The summed E-state index contributed by atoms with van der Waals surface area (Å²) in [5.74, 6) is -0.262. The Morgan fingerprint density at radius 1 is 0.871 bits per heavy atom. The lowest BCUT2D eigenvalue weighted by atomic mass is 9.83. The third-order valence-corrected chi connectivity index (χ3v) is 5.59. The van der Waals surface area contributed by atoms with Crippen LogP contribution in [0.2, 0.25) is 0 Å². The second-order valence-electron chi connectivity index (χ2n) is 11.1. The third kappa shape index (κ3) is 5.97. The van der Waals surface area contributed by atoms with E-state index in [0.29, 0.717) is 5.56 Å². The Kier molecular flexibility index (Phi) is 6.59. The highest BCUT2D eigenvalue weighted by atomic mass is 16.5. The second-order valence-corrected chi connectivity index (χ2v) is 11.1. The smallest absolute Gasteiger partial charge is 0.339 e. The fourth-order valence-electron chi connectivity index (χ4n) is 4.13. The Hall–Kier alpha value is -2.61. The summed E-state index contributed by atoms with van der Waals surface area (Å²) in [5.41, 5.74) is 1.90. The maximum atomic E-state index is 13.6. The Morgan fingerprint density at radius 2 is 1.39 bits per heavy atom. The number of hydrogen-bond acceptors (Lipinski definition) is 2. The van der Waals surface area contributed by atoms with Crippen molar-refractivity contribution in [3.8, 4) is 0 Å². The molecule has 0 N–H and O–H groups in total. The van der Waals surface area contributed by atoms with Crippen LogP contribution in [0.25, 0.3) is 21.5 Å². The third-order valence-electron chi connectivity index (χ3n) is 5.59. The van der Waals surface area contributed by atoms with E-state index in [1.54, 1.807) is 0 Å². The molecule has 164 valence electrons. The molecule has 1 unspecified atom stereocenters. The summed E-state index contributed by atoms with van der Waals surface area (Å²) in [4.78, 5) is 13.6. The Bertz CT molecular complexity index is 1040. The number of carbonyl (C=O) groups excluding carboxylic acids is 1. The summed E-state index contributed by atoms with van der Waals surface area (Å²) < 4.78 is 6.22. The van der Waals surface area contributed by atoms with Crippen molar-refractivity contribution in [3.05, 3.63) is 72.3 Å². The van der Waals surface area contributed by atoms with Crippen molar-refractivity contribution >= 4 is 27.5 Å². The van der Waals surface area contributed by atoms with Gasteiger partial charge in [-0.05, 0) is 63.3 Å². The molecule has 2 nitrogen and oxygen atoms in total. The molecule has 2 heteroatoms. The van der Waals surface area contributed by atoms with E-state index in [1.165, 1.54) is 0 Å². The number of rotatable bonds is 6. The van der Waals surface area contributed by atoms with Crippen LogP contribution in [0.3, 0.4) is 0 Å². The van der Waals surface area contributed by atoms with E-state index < -0.39 is 0 Å². The fourth-order valence-corrected chi connectivity index (χ4v) is 4.13. The average molecular weight is 417 g/mol. The molecule has 0 saturated carbocycles. The summed E-state index contributed by atoms with van der Waals surface area (Å²) in [7, 11) is 0. The molecule has 0 aliphatic heterocycles. The maximum absolute atomic E-state index is 13.6. The molecule has 3 aromatic carbocycles. The molecule has 0 fully saturated rings. The molecule has 0 saturated heterocycles. The summed E-state index contributed by atoms with van der Waals surface area (Å²) in [6, 6.07) is 18.2. The normalized spacial score (nSPS) is 13.4. The zero-order chi connectivity index (χ0) is 22.8. The molecule has 0 heterocycles. The molecule has 0 spiro atoms. The predicted octanol–water partition coefficient (Wildman–Crippen LogP) is 8.34. The number of carbonyl (C=O) groups is 1. The summed E-state index contributed by atoms with van der Waals surface area (Å²) in [6.07, 6.45) is 2.28. The molecule has 31 heavy (non-hydrogen) atoms. The highest BCUT2D eigenvalue weighted by Gasteiger charge is 2.26. The van der Waals surface area contributed by atoms with E-state index in [2.05, 4.69) is 54.2 Å². The predicted molar refractivity (Wildman–Crippen MR) is 133 cm³/mol. The van der Waals surface area contributed by atoms with Crippen LogP contribution in [0.1, 0.15) is 71.2 Å². The molecule has 0 aliphatic carbocycles. The Balaban J connectivity index is 2.00. The lowest BCUT2D eigenvalue weighted by Gasteiger charge is -2.28. The molecule has 0 radical (unpaired) electrons. The van der Waals surface area contributed by atoms with Gasteiger partial charge in [0.2, 0.25) is 0 Å². The standard InChI is InChI=1S/C29H36O2/c1-20(19-29(5,6)7)25(16-17-28(2,3)4)31-27(30)26-23-14-10-8-12-21(23)18-22-13-9-11-15-24(22)26/h8-15,18,25H,1,16-17,19H2,2-7H3. The zero-order valence-corrected chi connectivity index (χ0v) is 19.9. The Morgan fingerprint density at radius 3 is 1.87 bits per heavy atom. The SMILES string of the molecule is C=C(CC(C)(C)C)C(CCC(C)(C)C)OC(=O)c1c2ccccc2cc2ccccc12. The lowest BCUT2D eigenvalue weighted by molar-refractivity contribution is 0.0327. The molecular formula is C29H36O2. The number of esters is 1. The van der Waals surface area contributed by atoms with Crippen molar-refractivity contribution in [1.82, 2.24) is 0 Å². The maximum Gasteiger partial charge on any atom is 0.339 e. The van der Waals surface area contributed by atoms with Gasteiger partial charge in [-0.1, -0.05) is 96.7 Å². The van der Waals surface area contributed by atoms with Gasteiger partial charge in [-0.2, -0.15) is 0 Å². The second kappa shape index (κ2) is 8.86. The van der Waals surface area contributed by atoms with Gasteiger partial charge < -0.3 is 4.74 Å². The lowest BCUT2D eigenvalue weighted by Crippen LogP contribution is -2.25. The molecular weight excluding hydrogens is 380 g/mol. The van der Waals surface area contributed by atoms with Gasteiger partial charge in [0, 0.05) is 0 Å². The quantitative estimate of drug-likeness (QED) is 0.229. The van der Waals surface area contributed by atoms with E-state index in [-0.39, 0.29) is 22.9 Å². The van der Waals surface area contributed by atoms with Crippen molar-refractivity contribution in [1.29, 1.82) is 0 Å². The molecule has 0 bridgehead atoms. The minimum Gasteiger partial charge on any atom is -0.454 e. The van der Waals surface area contributed by atoms with E-state index in [9.17, 15) is 4.79 Å². The van der Waals surface area contributed by atoms with Gasteiger partial charge in [-0.3, -0.25) is 0 Å². The minimum absolute atomic E-state index is 0.0929. The topological polar surface area (TPSA) is 26.3 Å². The van der Waals surface area contributed by atoms with E-state index in [0.717, 1.165) is 46.4 Å². The van der Waals surface area contributed by atoms with Crippen LogP contribution in [0.4, 0.5) is 0 Å². The van der Waals surface area contributed by atoms with Crippen LogP contribution in [0.15, 0.2) is 66.7 Å². The van der Waals surface area contributed by atoms with Crippen molar-refractivity contribution in [2.45, 2.75) is 66.9 Å². The van der Waals surface area contributed by atoms with Crippen molar-refractivity contribution in [2.75, 3.05) is 0 Å². The first kappa shape index (κ1) is 23.1. The molecule has 3 rings (SSSR count). The van der Waals surface area contributed by atoms with Crippen LogP contribution >= 0.6 is 0 Å². The highest BCUT2D eigenvalue weighted by molar-refractivity contribution is 6.16. The van der Waals surface area contributed by atoms with Gasteiger partial charge in [0.15, 0.2) is 0 Å². The van der Waals surface area contributed by atoms with Gasteiger partial charge in [0.25, 0.3) is 0 Å². The number of benzene rings is 3. The van der Waals surface area contributed by atoms with Gasteiger partial charge in [-0.15, -0.1) is 0 Å². The number of ether oxygens (including phenoxy) is 1. The van der Waals surface area contributed by atoms with Crippen LogP contribution < -0.4 is 0 Å². The Labute approximate surface area is 187 Å². The monoisotopic (exact) mass is 416 g/mol.